The highest BCUT2D eigenvalue weighted by Crippen LogP contribution is 2.14. The average Bonchev–Trinajstić information content (AvgIpc) is 2.40. The molecule has 19 heavy (non-hydrogen) atoms. The zero-order chi connectivity index (χ0) is 14.3. The van der Waals surface area contributed by atoms with Gasteiger partial charge in [0.15, 0.2) is 5.78 Å². The zero-order valence-electron chi connectivity index (χ0n) is 10.8. The summed E-state index contributed by atoms with van der Waals surface area (Å²) in [6, 6.07) is 6.93. The van der Waals surface area contributed by atoms with Crippen LogP contribution < -0.4 is 5.73 Å². The molecule has 0 amide bonds. The second-order valence-electron chi connectivity index (χ2n) is 4.20. The predicted octanol–water partition coefficient (Wildman–Crippen LogP) is 0.807. The lowest BCUT2D eigenvalue weighted by molar-refractivity contribution is -0.111. The van der Waals surface area contributed by atoms with Gasteiger partial charge in [0.05, 0.1) is 13.2 Å². The molecular weight excluding hydrogens is 241 g/mol. The highest BCUT2D eigenvalue weighted by atomic mass is 16.3. The maximum Gasteiger partial charge on any atom is 0.272 e. The van der Waals surface area contributed by atoms with Gasteiger partial charge in [0, 0.05) is 23.5 Å². The van der Waals surface area contributed by atoms with E-state index in [2.05, 4.69) is 4.99 Å². The third kappa shape index (κ3) is 4.23. The van der Waals surface area contributed by atoms with Crippen molar-refractivity contribution in [3.8, 4) is 5.97 Å². The standard InChI is InChI=1S/C13H16BN3O2/c1-14(9-15)8-12(19)13(17-6-7-18)10-4-2-3-5-11(10)16/h2-5,18H,6-8,16H2,1H3. The van der Waals surface area contributed by atoms with Crippen molar-refractivity contribution in [2.75, 3.05) is 18.9 Å². The van der Waals surface area contributed by atoms with Crippen molar-refractivity contribution in [2.24, 2.45) is 4.99 Å². The number of rotatable bonds is 6. The lowest BCUT2D eigenvalue weighted by Crippen LogP contribution is -2.22. The summed E-state index contributed by atoms with van der Waals surface area (Å²) in [5.74, 6) is 1.78. The Hall–Kier alpha value is -2.13. The van der Waals surface area contributed by atoms with Gasteiger partial charge in [-0.15, -0.1) is 0 Å². The van der Waals surface area contributed by atoms with Crippen LogP contribution in [0.4, 0.5) is 5.69 Å². The van der Waals surface area contributed by atoms with Crippen LogP contribution in [0.5, 0.6) is 0 Å². The highest BCUT2D eigenvalue weighted by Gasteiger charge is 2.20. The Morgan fingerprint density at radius 3 is 2.79 bits per heavy atom. The molecule has 0 aliphatic carbocycles. The molecular formula is C13H16BN3O2. The van der Waals surface area contributed by atoms with E-state index in [1.807, 2.05) is 5.97 Å². The molecule has 0 aliphatic rings. The summed E-state index contributed by atoms with van der Waals surface area (Å²) in [5, 5.41) is 17.6. The molecule has 1 aromatic rings. The monoisotopic (exact) mass is 257 g/mol. The van der Waals surface area contributed by atoms with E-state index in [1.165, 1.54) is 0 Å². The van der Waals surface area contributed by atoms with Crippen molar-refractivity contribution in [3.05, 3.63) is 29.8 Å². The largest absolute Gasteiger partial charge is 0.398 e. The normalized spacial score (nSPS) is 10.9. The minimum absolute atomic E-state index is 0.0924. The molecule has 1 rings (SSSR count). The third-order valence-electron chi connectivity index (χ3n) is 2.56. The molecule has 98 valence electrons. The molecule has 5 nitrogen and oxygen atoms in total. The molecule has 0 saturated carbocycles. The van der Waals surface area contributed by atoms with Crippen molar-refractivity contribution in [1.29, 1.82) is 5.26 Å². The number of hydrogen-bond acceptors (Lipinski definition) is 5. The number of Topliss-reactive ketones (excluding diaryl/α,β-unsaturated/α-hetero) is 1. The van der Waals surface area contributed by atoms with E-state index in [1.54, 1.807) is 31.1 Å². The number of nitrogen functional groups attached to an aromatic ring is 1. The number of carbonyl (C=O) groups is 1. The van der Waals surface area contributed by atoms with Gasteiger partial charge in [-0.3, -0.25) is 9.79 Å². The molecule has 3 N–H and O–H groups in total. The number of ketones is 1. The number of aliphatic imine (C=N–C) groups is 1. The molecule has 0 radical (unpaired) electrons. The second-order valence-corrected chi connectivity index (χ2v) is 4.20. The highest BCUT2D eigenvalue weighted by molar-refractivity contribution is 6.72. The van der Waals surface area contributed by atoms with Crippen LogP contribution in [-0.2, 0) is 4.79 Å². The smallest absolute Gasteiger partial charge is 0.272 e. The van der Waals surface area contributed by atoms with Gasteiger partial charge in [-0.2, -0.15) is 0 Å². The van der Waals surface area contributed by atoms with Crippen molar-refractivity contribution in [1.82, 2.24) is 0 Å². The summed E-state index contributed by atoms with van der Waals surface area (Å²) in [4.78, 5) is 16.2. The first-order valence-electron chi connectivity index (χ1n) is 6.03. The lowest BCUT2D eigenvalue weighted by atomic mass is 9.50. The number of aliphatic hydroxyl groups excluding tert-OH is 1. The Kier molecular flexibility index (Phi) is 5.77. The van der Waals surface area contributed by atoms with E-state index >= 15 is 0 Å². The van der Waals surface area contributed by atoms with Crippen LogP contribution in [0.1, 0.15) is 5.56 Å². The number of para-hydroxylation sites is 1. The van der Waals surface area contributed by atoms with Crippen LogP contribution in [0, 0.1) is 11.2 Å². The molecule has 0 unspecified atom stereocenters. The van der Waals surface area contributed by atoms with Gasteiger partial charge in [0.2, 0.25) is 0 Å². The number of anilines is 1. The third-order valence-corrected chi connectivity index (χ3v) is 2.56. The van der Waals surface area contributed by atoms with Crippen LogP contribution in [0.2, 0.25) is 13.1 Å². The zero-order valence-corrected chi connectivity index (χ0v) is 10.8. The molecule has 0 atom stereocenters. The fourth-order valence-corrected chi connectivity index (χ4v) is 1.62. The van der Waals surface area contributed by atoms with E-state index in [4.69, 9.17) is 16.1 Å². The van der Waals surface area contributed by atoms with Crippen LogP contribution in [0.15, 0.2) is 29.3 Å². The first kappa shape index (κ1) is 14.9. The van der Waals surface area contributed by atoms with Gasteiger partial charge in [-0.05, 0) is 6.07 Å². The minimum atomic E-state index is -0.378. The maximum absolute atomic E-state index is 12.2. The first-order valence-corrected chi connectivity index (χ1v) is 6.03. The maximum atomic E-state index is 12.2. The molecule has 1 aromatic carbocycles. The van der Waals surface area contributed by atoms with Gasteiger partial charge < -0.3 is 10.8 Å². The van der Waals surface area contributed by atoms with Crippen molar-refractivity contribution >= 4 is 23.9 Å². The minimum Gasteiger partial charge on any atom is -0.398 e. The average molecular weight is 257 g/mol. The number of carbonyl (C=O) groups excluding carboxylic acids is 1. The summed E-state index contributed by atoms with van der Waals surface area (Å²) in [7, 11) is 0. The van der Waals surface area contributed by atoms with E-state index in [-0.39, 0.29) is 37.7 Å². The number of nitrogens with zero attached hydrogens (tertiary/aromatic N) is 2. The summed E-state index contributed by atoms with van der Waals surface area (Å²) >= 11 is 0. The number of hydrogen-bond donors (Lipinski definition) is 2. The summed E-state index contributed by atoms with van der Waals surface area (Å²) < 4.78 is 0. The summed E-state index contributed by atoms with van der Waals surface area (Å²) in [6.45, 7) is 1.29. The first-order chi connectivity index (χ1) is 9.10. The second kappa shape index (κ2) is 7.34. The Labute approximate surface area is 112 Å². The summed E-state index contributed by atoms with van der Waals surface area (Å²) in [6.07, 6.45) is 0.0924. The quantitative estimate of drug-likeness (QED) is 0.447. The SMILES string of the molecule is CB(C#N)CC(=O)C(=NCCO)c1ccccc1N. The van der Waals surface area contributed by atoms with Crippen molar-refractivity contribution < 1.29 is 9.90 Å². The Balaban J connectivity index is 3.07. The molecule has 0 spiro atoms. The van der Waals surface area contributed by atoms with E-state index in [0.717, 1.165) is 0 Å². The molecule has 0 saturated heterocycles. The number of benzene rings is 1. The van der Waals surface area contributed by atoms with Crippen molar-refractivity contribution in [3.63, 3.8) is 0 Å². The Morgan fingerprint density at radius 1 is 1.53 bits per heavy atom. The lowest BCUT2D eigenvalue weighted by Gasteiger charge is -2.08. The summed E-state index contributed by atoms with van der Waals surface area (Å²) in [5.41, 5.74) is 7.07. The number of nitriles is 1. The molecule has 0 bridgehead atoms. The number of nitrogens with two attached hydrogens (primary N) is 1. The molecule has 6 heteroatoms. The Bertz CT molecular complexity index is 523. The van der Waals surface area contributed by atoms with Gasteiger partial charge >= 0.3 is 0 Å². The molecule has 0 fully saturated rings. The van der Waals surface area contributed by atoms with Crippen LogP contribution in [0.25, 0.3) is 0 Å². The molecule has 0 heterocycles. The van der Waals surface area contributed by atoms with Crippen LogP contribution in [-0.4, -0.2) is 36.5 Å². The van der Waals surface area contributed by atoms with Gasteiger partial charge in [0.1, 0.15) is 5.71 Å². The van der Waals surface area contributed by atoms with Crippen LogP contribution >= 0.6 is 0 Å². The molecule has 0 aromatic heterocycles. The van der Waals surface area contributed by atoms with Gasteiger partial charge in [0.25, 0.3) is 6.71 Å². The topological polar surface area (TPSA) is 99.5 Å². The van der Waals surface area contributed by atoms with Crippen molar-refractivity contribution in [2.45, 2.75) is 13.1 Å². The fourth-order valence-electron chi connectivity index (χ4n) is 1.62. The van der Waals surface area contributed by atoms with E-state index in [0.29, 0.717) is 11.3 Å². The Morgan fingerprint density at radius 2 is 2.21 bits per heavy atom. The predicted molar refractivity (Wildman–Crippen MR) is 76.4 cm³/mol. The van der Waals surface area contributed by atoms with E-state index in [9.17, 15) is 4.79 Å². The van der Waals surface area contributed by atoms with Gasteiger partial charge in [-0.1, -0.05) is 25.0 Å². The number of aliphatic hydroxyl groups is 1. The van der Waals surface area contributed by atoms with Crippen LogP contribution in [0.3, 0.4) is 0 Å². The molecule has 0 aliphatic heterocycles. The van der Waals surface area contributed by atoms with E-state index < -0.39 is 0 Å². The van der Waals surface area contributed by atoms with Gasteiger partial charge in [-0.25, -0.2) is 5.26 Å². The fraction of sp³-hybridized carbons (Fsp3) is 0.308.